The Kier molecular flexibility index (Phi) is 5.98. The van der Waals surface area contributed by atoms with E-state index in [-0.39, 0.29) is 0 Å². The zero-order chi connectivity index (χ0) is 9.52. The van der Waals surface area contributed by atoms with Crippen LogP contribution < -0.4 is 5.73 Å². The van der Waals surface area contributed by atoms with Crippen LogP contribution in [0.2, 0.25) is 0 Å². The molecule has 13 heavy (non-hydrogen) atoms. The first kappa shape index (κ1) is 11.5. The van der Waals surface area contributed by atoms with E-state index < -0.39 is 0 Å². The van der Waals surface area contributed by atoms with E-state index in [1.807, 2.05) is 11.3 Å². The molecule has 0 spiro atoms. The number of rotatable bonds is 6. The lowest BCUT2D eigenvalue weighted by Gasteiger charge is -1.93. The molecule has 1 rings (SSSR count). The minimum atomic E-state index is 0.804. The van der Waals surface area contributed by atoms with Crippen molar-refractivity contribution in [3.63, 3.8) is 0 Å². The van der Waals surface area contributed by atoms with E-state index in [1.54, 1.807) is 0 Å². The minimum absolute atomic E-state index is 0.804. The highest BCUT2D eigenvalue weighted by molar-refractivity contribution is 14.1. The van der Waals surface area contributed by atoms with Crippen LogP contribution in [0.1, 0.15) is 23.3 Å². The zero-order valence-electron chi connectivity index (χ0n) is 7.76. The monoisotopic (exact) mass is 309 g/mol. The molecule has 0 aliphatic heterocycles. The van der Waals surface area contributed by atoms with Crippen LogP contribution >= 0.6 is 33.9 Å². The second-order valence-electron chi connectivity index (χ2n) is 3.11. The molecule has 0 aliphatic carbocycles. The molecule has 1 aromatic rings. The molecule has 0 saturated heterocycles. The fraction of sp³-hybridized carbons (Fsp3) is 0.600. The second kappa shape index (κ2) is 6.79. The van der Waals surface area contributed by atoms with Crippen LogP contribution in [0.3, 0.4) is 0 Å². The molecule has 0 fully saturated rings. The van der Waals surface area contributed by atoms with E-state index >= 15 is 0 Å². The summed E-state index contributed by atoms with van der Waals surface area (Å²) in [7, 11) is 0. The van der Waals surface area contributed by atoms with E-state index in [1.165, 1.54) is 27.7 Å². The molecule has 1 nitrogen and oxygen atoms in total. The van der Waals surface area contributed by atoms with Gasteiger partial charge in [-0.25, -0.2) is 0 Å². The predicted octanol–water partition coefficient (Wildman–Crippen LogP) is 3.01. The number of aryl methyl sites for hydroxylation is 2. The Morgan fingerprint density at radius 1 is 1.31 bits per heavy atom. The fourth-order valence-corrected chi connectivity index (χ4v) is 2.59. The molecule has 74 valence electrons. The molecule has 0 saturated carbocycles. The molecule has 0 amide bonds. The summed E-state index contributed by atoms with van der Waals surface area (Å²) in [5.41, 5.74) is 6.94. The van der Waals surface area contributed by atoms with Crippen LogP contribution in [0.4, 0.5) is 0 Å². The quantitative estimate of drug-likeness (QED) is 0.634. The Hall–Kier alpha value is 0.390. The smallest absolute Gasteiger partial charge is 0.00483 e. The van der Waals surface area contributed by atoms with E-state index in [2.05, 4.69) is 34.0 Å². The van der Waals surface area contributed by atoms with E-state index in [0.717, 1.165) is 19.4 Å². The maximum Gasteiger partial charge on any atom is 0.00483 e. The number of alkyl halides is 1. The van der Waals surface area contributed by atoms with Crippen molar-refractivity contribution in [1.29, 1.82) is 0 Å². The molecule has 0 unspecified atom stereocenters. The molecule has 0 bridgehead atoms. The van der Waals surface area contributed by atoms with Gasteiger partial charge < -0.3 is 5.73 Å². The van der Waals surface area contributed by atoms with E-state index in [9.17, 15) is 0 Å². The molecule has 0 radical (unpaired) electrons. The van der Waals surface area contributed by atoms with Crippen LogP contribution in [0.15, 0.2) is 11.4 Å². The Morgan fingerprint density at radius 2 is 2.15 bits per heavy atom. The lowest BCUT2D eigenvalue weighted by Crippen LogP contribution is -1.99. The third kappa shape index (κ3) is 4.42. The largest absolute Gasteiger partial charge is 0.330 e. The zero-order valence-corrected chi connectivity index (χ0v) is 10.7. The Morgan fingerprint density at radius 3 is 2.85 bits per heavy atom. The van der Waals surface area contributed by atoms with Gasteiger partial charge in [-0.2, -0.15) is 0 Å². The number of hydrogen-bond acceptors (Lipinski definition) is 2. The third-order valence-corrected chi connectivity index (χ3v) is 3.74. The average Bonchev–Trinajstić information content (AvgIpc) is 2.59. The molecule has 0 aliphatic rings. The van der Waals surface area contributed by atoms with Crippen LogP contribution in [0.5, 0.6) is 0 Å². The van der Waals surface area contributed by atoms with Gasteiger partial charge in [0.25, 0.3) is 0 Å². The average molecular weight is 309 g/mol. The summed E-state index contributed by atoms with van der Waals surface area (Å²) in [6.45, 7) is 0.804. The molecule has 2 N–H and O–H groups in total. The van der Waals surface area contributed by atoms with Crippen molar-refractivity contribution in [2.45, 2.75) is 25.7 Å². The van der Waals surface area contributed by atoms with Gasteiger partial charge >= 0.3 is 0 Å². The summed E-state index contributed by atoms with van der Waals surface area (Å²) < 4.78 is 1.26. The maximum atomic E-state index is 5.47. The summed E-state index contributed by atoms with van der Waals surface area (Å²) in [5, 5.41) is 2.28. The van der Waals surface area contributed by atoms with E-state index in [0.29, 0.717) is 0 Å². The summed E-state index contributed by atoms with van der Waals surface area (Å²) in [4.78, 5) is 1.53. The van der Waals surface area contributed by atoms with Crippen molar-refractivity contribution in [2.24, 2.45) is 5.73 Å². The Labute approximate surface area is 97.9 Å². The van der Waals surface area contributed by atoms with Crippen LogP contribution in [-0.4, -0.2) is 11.0 Å². The minimum Gasteiger partial charge on any atom is -0.330 e. The molecular formula is C10H16INS. The number of halogens is 1. The Bertz CT molecular complexity index is 212. The van der Waals surface area contributed by atoms with Crippen LogP contribution in [-0.2, 0) is 12.8 Å². The first-order valence-corrected chi connectivity index (χ1v) is 7.09. The van der Waals surface area contributed by atoms with Gasteiger partial charge in [0.1, 0.15) is 0 Å². The summed E-state index contributed by atoms with van der Waals surface area (Å²) in [5.74, 6) is 0. The third-order valence-electron chi connectivity index (χ3n) is 1.93. The van der Waals surface area contributed by atoms with Crippen molar-refractivity contribution < 1.29 is 0 Å². The SMILES string of the molecule is NCCCc1csc(CCCI)c1. The molecule has 1 aromatic heterocycles. The highest BCUT2D eigenvalue weighted by Gasteiger charge is 1.98. The molecule has 0 atom stereocenters. The van der Waals surface area contributed by atoms with Gasteiger partial charge in [0.15, 0.2) is 0 Å². The van der Waals surface area contributed by atoms with Gasteiger partial charge in [-0.3, -0.25) is 0 Å². The van der Waals surface area contributed by atoms with Crippen molar-refractivity contribution in [1.82, 2.24) is 0 Å². The van der Waals surface area contributed by atoms with Gasteiger partial charge in [-0.15, -0.1) is 11.3 Å². The van der Waals surface area contributed by atoms with Gasteiger partial charge in [-0.1, -0.05) is 22.6 Å². The number of thiophene rings is 1. The topological polar surface area (TPSA) is 26.0 Å². The van der Waals surface area contributed by atoms with Gasteiger partial charge in [0.2, 0.25) is 0 Å². The summed E-state index contributed by atoms with van der Waals surface area (Å²) in [6.07, 6.45) is 4.81. The van der Waals surface area contributed by atoms with Gasteiger partial charge in [-0.05, 0) is 53.7 Å². The highest BCUT2D eigenvalue weighted by atomic mass is 127. The number of hydrogen-bond donors (Lipinski definition) is 1. The summed E-state index contributed by atoms with van der Waals surface area (Å²) >= 11 is 4.33. The number of nitrogens with two attached hydrogens (primary N) is 1. The van der Waals surface area contributed by atoms with Crippen LogP contribution in [0, 0.1) is 0 Å². The predicted molar refractivity (Wildman–Crippen MR) is 68.9 cm³/mol. The lowest BCUT2D eigenvalue weighted by molar-refractivity contribution is 0.834. The Balaban J connectivity index is 2.34. The normalized spacial score (nSPS) is 10.6. The van der Waals surface area contributed by atoms with Crippen molar-refractivity contribution in [3.05, 3.63) is 21.9 Å². The van der Waals surface area contributed by atoms with Crippen molar-refractivity contribution in [2.75, 3.05) is 11.0 Å². The molecule has 0 aromatic carbocycles. The van der Waals surface area contributed by atoms with Crippen molar-refractivity contribution >= 4 is 33.9 Å². The van der Waals surface area contributed by atoms with Gasteiger partial charge in [0, 0.05) is 4.88 Å². The first-order valence-electron chi connectivity index (χ1n) is 4.69. The molecular weight excluding hydrogens is 293 g/mol. The maximum absolute atomic E-state index is 5.47. The molecule has 1 heterocycles. The second-order valence-corrected chi connectivity index (χ2v) is 5.18. The molecule has 3 heteroatoms. The standard InChI is InChI=1S/C10H16INS/c11-5-1-4-10-7-9(8-13-10)3-2-6-12/h7-8H,1-6,12H2. The first-order chi connectivity index (χ1) is 6.36. The summed E-state index contributed by atoms with van der Waals surface area (Å²) in [6, 6.07) is 2.34. The fourth-order valence-electron chi connectivity index (χ4n) is 1.24. The lowest BCUT2D eigenvalue weighted by atomic mass is 10.1. The van der Waals surface area contributed by atoms with Crippen LogP contribution in [0.25, 0.3) is 0 Å². The van der Waals surface area contributed by atoms with E-state index in [4.69, 9.17) is 5.73 Å². The highest BCUT2D eigenvalue weighted by Crippen LogP contribution is 2.17. The van der Waals surface area contributed by atoms with Gasteiger partial charge in [0.05, 0.1) is 0 Å². The van der Waals surface area contributed by atoms with Crippen molar-refractivity contribution in [3.8, 4) is 0 Å².